The molecular formula is C18H18O3S. The highest BCUT2D eigenvalue weighted by molar-refractivity contribution is 7.92. The molecule has 114 valence electrons. The molecule has 0 saturated heterocycles. The van der Waals surface area contributed by atoms with Crippen LogP contribution in [0.3, 0.4) is 0 Å². The van der Waals surface area contributed by atoms with Gasteiger partial charge in [0.25, 0.3) is 0 Å². The van der Waals surface area contributed by atoms with E-state index < -0.39 is 21.0 Å². The third-order valence-electron chi connectivity index (χ3n) is 4.37. The molecule has 3 rings (SSSR count). The largest absolute Gasteiger partial charge is 0.303 e. The third-order valence-corrected chi connectivity index (χ3v) is 6.62. The second-order valence-corrected chi connectivity index (χ2v) is 7.76. The Bertz CT molecular complexity index is 764. The summed E-state index contributed by atoms with van der Waals surface area (Å²) in [4.78, 5) is 11.6. The van der Waals surface area contributed by atoms with Gasteiger partial charge in [0.1, 0.15) is 6.29 Å². The van der Waals surface area contributed by atoms with Gasteiger partial charge in [-0.3, -0.25) is 0 Å². The molecule has 0 aliphatic heterocycles. The number of sulfone groups is 1. The predicted octanol–water partition coefficient (Wildman–Crippen LogP) is 3.00. The lowest BCUT2D eigenvalue weighted by atomic mass is 10.1. The average molecular weight is 314 g/mol. The van der Waals surface area contributed by atoms with Gasteiger partial charge in [0.05, 0.1) is 10.1 Å². The van der Waals surface area contributed by atoms with Crippen LogP contribution in [-0.4, -0.2) is 20.0 Å². The number of hydrogen-bond acceptors (Lipinski definition) is 3. The first-order chi connectivity index (χ1) is 10.6. The van der Waals surface area contributed by atoms with Crippen molar-refractivity contribution in [1.29, 1.82) is 0 Å². The average Bonchev–Trinajstić information content (AvgIpc) is 3.31. The first kappa shape index (κ1) is 15.0. The lowest BCUT2D eigenvalue weighted by molar-refractivity contribution is -0.108. The molecule has 0 N–H and O–H groups in total. The van der Waals surface area contributed by atoms with Gasteiger partial charge in [-0.15, -0.1) is 0 Å². The van der Waals surface area contributed by atoms with Crippen molar-refractivity contribution < 1.29 is 13.2 Å². The lowest BCUT2D eigenvalue weighted by Gasteiger charge is -2.04. The maximum absolute atomic E-state index is 12.7. The Balaban J connectivity index is 1.93. The van der Waals surface area contributed by atoms with Crippen molar-refractivity contribution >= 4 is 16.1 Å². The van der Waals surface area contributed by atoms with Crippen molar-refractivity contribution in [3.05, 3.63) is 65.7 Å². The fourth-order valence-electron chi connectivity index (χ4n) is 3.02. The van der Waals surface area contributed by atoms with Crippen LogP contribution in [0.25, 0.3) is 0 Å². The molecule has 0 aromatic heterocycles. The van der Waals surface area contributed by atoms with E-state index in [4.69, 9.17) is 0 Å². The molecule has 4 heteroatoms. The van der Waals surface area contributed by atoms with Crippen LogP contribution in [0.5, 0.6) is 0 Å². The van der Waals surface area contributed by atoms with Crippen LogP contribution >= 0.6 is 0 Å². The van der Waals surface area contributed by atoms with Crippen LogP contribution in [-0.2, 0) is 21.1 Å². The number of carbonyl (C=O) groups is 1. The topological polar surface area (TPSA) is 51.2 Å². The molecule has 2 aromatic carbocycles. The summed E-state index contributed by atoms with van der Waals surface area (Å²) in [5, 5.41) is -0.639. The van der Waals surface area contributed by atoms with E-state index >= 15 is 0 Å². The maximum atomic E-state index is 12.7. The number of aryl methyl sites for hydroxylation is 1. The lowest BCUT2D eigenvalue weighted by Crippen LogP contribution is -2.10. The van der Waals surface area contributed by atoms with Crippen LogP contribution in [0.1, 0.15) is 24.0 Å². The third kappa shape index (κ3) is 2.48. The first-order valence-corrected chi connectivity index (χ1v) is 8.97. The number of benzene rings is 2. The van der Waals surface area contributed by atoms with Gasteiger partial charge in [0, 0.05) is 11.8 Å². The minimum atomic E-state index is -3.47. The number of carbonyl (C=O) groups excluding carboxylic acids is 1. The SMILES string of the molecule is CCc1ccc([C@H]2[C@@H](C=O)[C@@H]2S(=O)(=O)c2ccccc2)cc1. The van der Waals surface area contributed by atoms with Gasteiger partial charge in [-0.05, 0) is 29.7 Å². The second kappa shape index (κ2) is 5.69. The van der Waals surface area contributed by atoms with E-state index in [0.29, 0.717) is 4.90 Å². The molecule has 22 heavy (non-hydrogen) atoms. The number of hydrogen-bond donors (Lipinski definition) is 0. The molecule has 0 bridgehead atoms. The summed E-state index contributed by atoms with van der Waals surface area (Å²) in [7, 11) is -3.47. The Kier molecular flexibility index (Phi) is 3.87. The summed E-state index contributed by atoms with van der Waals surface area (Å²) in [5.74, 6) is -0.675. The molecule has 0 radical (unpaired) electrons. The van der Waals surface area contributed by atoms with Gasteiger partial charge < -0.3 is 4.79 Å². The van der Waals surface area contributed by atoms with Crippen molar-refractivity contribution in [1.82, 2.24) is 0 Å². The number of aldehydes is 1. The molecule has 1 aliphatic carbocycles. The van der Waals surface area contributed by atoms with Gasteiger partial charge in [0.15, 0.2) is 9.84 Å². The molecular weight excluding hydrogens is 296 g/mol. The van der Waals surface area contributed by atoms with Crippen LogP contribution in [0.4, 0.5) is 0 Å². The molecule has 2 aromatic rings. The fourth-order valence-corrected chi connectivity index (χ4v) is 5.15. The quantitative estimate of drug-likeness (QED) is 0.797. The molecule has 0 spiro atoms. The maximum Gasteiger partial charge on any atom is 0.182 e. The minimum absolute atomic E-state index is 0.228. The summed E-state index contributed by atoms with van der Waals surface area (Å²) in [6.45, 7) is 2.07. The van der Waals surface area contributed by atoms with Crippen LogP contribution in [0.15, 0.2) is 59.5 Å². The highest BCUT2D eigenvalue weighted by atomic mass is 32.2. The van der Waals surface area contributed by atoms with E-state index in [1.165, 1.54) is 5.56 Å². The van der Waals surface area contributed by atoms with Gasteiger partial charge in [0.2, 0.25) is 0 Å². The molecule has 3 nitrogen and oxygen atoms in total. The van der Waals surface area contributed by atoms with Gasteiger partial charge in [-0.1, -0.05) is 49.4 Å². The van der Waals surface area contributed by atoms with Gasteiger partial charge in [-0.25, -0.2) is 8.42 Å². The van der Waals surface area contributed by atoms with Crippen LogP contribution in [0.2, 0.25) is 0 Å². The van der Waals surface area contributed by atoms with Crippen LogP contribution in [0, 0.1) is 5.92 Å². The molecule has 0 heterocycles. The Morgan fingerprint density at radius 3 is 2.18 bits per heavy atom. The summed E-state index contributed by atoms with van der Waals surface area (Å²) in [5.41, 5.74) is 2.13. The second-order valence-electron chi connectivity index (χ2n) is 5.66. The molecule has 1 aliphatic rings. The number of rotatable bonds is 5. The summed E-state index contributed by atoms with van der Waals surface area (Å²) in [6.07, 6.45) is 1.72. The Labute approximate surface area is 130 Å². The molecule has 1 saturated carbocycles. The van der Waals surface area contributed by atoms with Crippen molar-refractivity contribution in [2.45, 2.75) is 29.4 Å². The molecule has 0 unspecified atom stereocenters. The molecule has 0 amide bonds. The summed E-state index contributed by atoms with van der Waals surface area (Å²) >= 11 is 0. The Morgan fingerprint density at radius 1 is 1.00 bits per heavy atom. The highest BCUT2D eigenvalue weighted by Gasteiger charge is 2.58. The normalized spacial score (nSPS) is 24.0. The fraction of sp³-hybridized carbons (Fsp3) is 0.278. The summed E-state index contributed by atoms with van der Waals surface area (Å²) < 4.78 is 25.4. The van der Waals surface area contributed by atoms with E-state index in [1.54, 1.807) is 30.3 Å². The predicted molar refractivity (Wildman–Crippen MR) is 85.5 cm³/mol. The van der Waals surface area contributed by atoms with E-state index in [-0.39, 0.29) is 5.92 Å². The van der Waals surface area contributed by atoms with Crippen molar-refractivity contribution in [3.8, 4) is 0 Å². The molecule has 1 fully saturated rings. The summed E-state index contributed by atoms with van der Waals surface area (Å²) in [6, 6.07) is 16.3. The van der Waals surface area contributed by atoms with E-state index in [9.17, 15) is 13.2 Å². The van der Waals surface area contributed by atoms with Crippen molar-refractivity contribution in [3.63, 3.8) is 0 Å². The van der Waals surface area contributed by atoms with Crippen molar-refractivity contribution in [2.75, 3.05) is 0 Å². The first-order valence-electron chi connectivity index (χ1n) is 7.42. The van der Waals surface area contributed by atoms with E-state index in [0.717, 1.165) is 18.3 Å². The Morgan fingerprint density at radius 2 is 1.64 bits per heavy atom. The molecule has 3 atom stereocenters. The zero-order valence-corrected chi connectivity index (χ0v) is 13.2. The minimum Gasteiger partial charge on any atom is -0.303 e. The highest BCUT2D eigenvalue weighted by Crippen LogP contribution is 2.52. The smallest absolute Gasteiger partial charge is 0.182 e. The Hall–Kier alpha value is -1.94. The standard InChI is InChI=1S/C18H18O3S/c1-2-13-8-10-14(11-9-13)17-16(12-19)18(17)22(20,21)15-6-4-3-5-7-15/h3-12,16-18H,2H2,1H3/t16-,17+,18+/m1/s1. The van der Waals surface area contributed by atoms with Gasteiger partial charge in [-0.2, -0.15) is 0 Å². The van der Waals surface area contributed by atoms with Gasteiger partial charge >= 0.3 is 0 Å². The zero-order chi connectivity index (χ0) is 15.7. The van der Waals surface area contributed by atoms with Crippen LogP contribution < -0.4 is 0 Å². The van der Waals surface area contributed by atoms with E-state index in [1.807, 2.05) is 24.3 Å². The van der Waals surface area contributed by atoms with E-state index in [2.05, 4.69) is 6.92 Å². The monoisotopic (exact) mass is 314 g/mol. The van der Waals surface area contributed by atoms with Crippen molar-refractivity contribution in [2.24, 2.45) is 5.92 Å². The zero-order valence-electron chi connectivity index (χ0n) is 12.3.